The van der Waals surface area contributed by atoms with Crippen LogP contribution in [-0.4, -0.2) is 13.3 Å². The Morgan fingerprint density at radius 2 is 1.76 bits per heavy atom. The van der Waals surface area contributed by atoms with Crippen molar-refractivity contribution in [1.82, 2.24) is 4.98 Å². The molecule has 0 fully saturated rings. The van der Waals surface area contributed by atoms with Crippen molar-refractivity contribution in [1.29, 1.82) is 0 Å². The molecule has 0 radical (unpaired) electrons. The van der Waals surface area contributed by atoms with Gasteiger partial charge in [0.15, 0.2) is 8.32 Å². The molecular weight excluding hydrogens is 373 g/mol. The van der Waals surface area contributed by atoms with Gasteiger partial charge in [-0.25, -0.2) is 0 Å². The third-order valence-corrected chi connectivity index (χ3v) is 10.3. The number of pyridine rings is 1. The fraction of sp³-hybridized carbons (Fsp3) is 0.526. The molecule has 2 aromatic rings. The smallest absolute Gasteiger partial charge is 0.192 e. The van der Waals surface area contributed by atoms with E-state index in [2.05, 4.69) is 25.8 Å². The summed E-state index contributed by atoms with van der Waals surface area (Å²) in [6, 6.07) is 7.20. The molecule has 0 aliphatic rings. The number of aromatic nitrogens is 1. The van der Waals surface area contributed by atoms with Gasteiger partial charge in [0.05, 0.1) is 22.4 Å². The van der Waals surface area contributed by atoms with Crippen LogP contribution < -0.4 is 0 Å². The molecule has 2 rings (SSSR count). The summed E-state index contributed by atoms with van der Waals surface area (Å²) in [5.41, 5.74) is 0.880. The van der Waals surface area contributed by atoms with E-state index in [1.165, 1.54) is 0 Å². The van der Waals surface area contributed by atoms with Crippen LogP contribution in [0.15, 0.2) is 35.2 Å². The van der Waals surface area contributed by atoms with Gasteiger partial charge in [0.2, 0.25) is 0 Å². The van der Waals surface area contributed by atoms with E-state index in [1.807, 2.05) is 12.1 Å². The minimum absolute atomic E-state index is 0.0931. The lowest BCUT2D eigenvalue weighted by Crippen LogP contribution is -2.37. The zero-order valence-corrected chi connectivity index (χ0v) is 17.7. The maximum absolute atomic E-state index is 6.76. The zero-order chi connectivity index (χ0) is 18.3. The van der Waals surface area contributed by atoms with Crippen LogP contribution in [0.5, 0.6) is 0 Å². The molecule has 0 aliphatic heterocycles. The molecule has 6 heteroatoms. The van der Waals surface area contributed by atoms with Gasteiger partial charge in [-0.3, -0.25) is 4.98 Å². The van der Waals surface area contributed by atoms with Crippen molar-refractivity contribution in [3.05, 3.63) is 52.2 Å². The number of hydrogen-bond acceptors (Lipinski definition) is 3. The minimum atomic E-state index is -1.79. The summed E-state index contributed by atoms with van der Waals surface area (Å²) in [6.45, 7) is 6.69. The SMILES string of the molecule is CC[Si](CC)(CC)OC(CCCc1ccco1)c1c(Cl)cncc1Cl. The second kappa shape index (κ2) is 9.77. The van der Waals surface area contributed by atoms with Gasteiger partial charge in [-0.15, -0.1) is 0 Å². The Kier molecular flexibility index (Phi) is 8.01. The van der Waals surface area contributed by atoms with Gasteiger partial charge in [0, 0.05) is 24.4 Å². The first-order chi connectivity index (χ1) is 12.0. The molecule has 138 valence electrons. The van der Waals surface area contributed by atoms with Crippen molar-refractivity contribution in [3.63, 3.8) is 0 Å². The van der Waals surface area contributed by atoms with E-state index in [-0.39, 0.29) is 6.10 Å². The van der Waals surface area contributed by atoms with Crippen LogP contribution in [0.1, 0.15) is 51.0 Å². The van der Waals surface area contributed by atoms with Crippen LogP contribution in [0.3, 0.4) is 0 Å². The van der Waals surface area contributed by atoms with Crippen molar-refractivity contribution in [3.8, 4) is 0 Å². The van der Waals surface area contributed by atoms with Gasteiger partial charge >= 0.3 is 0 Å². The monoisotopic (exact) mass is 399 g/mol. The van der Waals surface area contributed by atoms with E-state index in [0.29, 0.717) is 10.0 Å². The van der Waals surface area contributed by atoms with E-state index in [1.54, 1.807) is 18.7 Å². The molecule has 3 nitrogen and oxygen atoms in total. The normalized spacial score (nSPS) is 13.2. The van der Waals surface area contributed by atoms with Gasteiger partial charge in [-0.1, -0.05) is 44.0 Å². The lowest BCUT2D eigenvalue weighted by Gasteiger charge is -2.34. The van der Waals surface area contributed by atoms with Crippen LogP contribution in [0, 0.1) is 0 Å². The highest BCUT2D eigenvalue weighted by Crippen LogP contribution is 2.38. The Labute approximate surface area is 161 Å². The molecule has 0 saturated carbocycles. The van der Waals surface area contributed by atoms with E-state index < -0.39 is 8.32 Å². The van der Waals surface area contributed by atoms with Crippen molar-refractivity contribution in [2.75, 3.05) is 0 Å². The van der Waals surface area contributed by atoms with Crippen molar-refractivity contribution in [2.45, 2.75) is 64.3 Å². The van der Waals surface area contributed by atoms with E-state index >= 15 is 0 Å². The third kappa shape index (κ3) is 5.33. The van der Waals surface area contributed by atoms with Crippen LogP contribution >= 0.6 is 23.2 Å². The molecule has 0 bridgehead atoms. The molecule has 2 aromatic heterocycles. The number of aryl methyl sites for hydroxylation is 1. The quantitative estimate of drug-likeness (QED) is 0.400. The first-order valence-corrected chi connectivity index (χ1v) is 12.3. The third-order valence-electron chi connectivity index (χ3n) is 5.01. The van der Waals surface area contributed by atoms with Crippen molar-refractivity contribution in [2.24, 2.45) is 0 Å². The molecule has 2 heterocycles. The summed E-state index contributed by atoms with van der Waals surface area (Å²) < 4.78 is 12.2. The Morgan fingerprint density at radius 3 is 2.28 bits per heavy atom. The van der Waals surface area contributed by atoms with Crippen LogP contribution in [0.2, 0.25) is 28.2 Å². The average Bonchev–Trinajstić information content (AvgIpc) is 3.12. The first kappa shape index (κ1) is 20.5. The fourth-order valence-electron chi connectivity index (χ4n) is 3.21. The van der Waals surface area contributed by atoms with E-state index in [4.69, 9.17) is 32.0 Å². The first-order valence-electron chi connectivity index (χ1n) is 9.04. The summed E-state index contributed by atoms with van der Waals surface area (Å²) in [4.78, 5) is 4.08. The molecule has 1 unspecified atom stereocenters. The molecular formula is C19H27Cl2NO2Si. The van der Waals surface area contributed by atoms with Crippen LogP contribution in [0.25, 0.3) is 0 Å². The highest BCUT2D eigenvalue weighted by molar-refractivity contribution is 6.73. The molecule has 0 aromatic carbocycles. The summed E-state index contributed by atoms with van der Waals surface area (Å²) in [6.07, 6.45) is 7.62. The Hall–Kier alpha value is -0.813. The van der Waals surface area contributed by atoms with Gasteiger partial charge < -0.3 is 8.84 Å². The predicted molar refractivity (Wildman–Crippen MR) is 107 cm³/mol. The van der Waals surface area contributed by atoms with Crippen molar-refractivity contribution >= 4 is 31.5 Å². The Bertz CT molecular complexity index is 616. The standard InChI is InChI=1S/C19H27Cl2NO2Si/c1-4-25(5-2,6-3)24-18(11-7-9-15-10-8-12-23-15)19-16(20)13-22-14-17(19)21/h8,10,12-14,18H,4-7,9,11H2,1-3H3. The second-order valence-corrected chi connectivity index (χ2v) is 11.9. The molecule has 0 N–H and O–H groups in total. The molecule has 0 saturated heterocycles. The largest absolute Gasteiger partial charge is 0.469 e. The van der Waals surface area contributed by atoms with E-state index in [9.17, 15) is 0 Å². The van der Waals surface area contributed by atoms with Gasteiger partial charge in [-0.05, 0) is 43.1 Å². The maximum Gasteiger partial charge on any atom is 0.192 e. The molecule has 25 heavy (non-hydrogen) atoms. The van der Waals surface area contributed by atoms with Gasteiger partial charge in [-0.2, -0.15) is 0 Å². The number of furan rings is 1. The number of rotatable bonds is 10. The topological polar surface area (TPSA) is 35.3 Å². The molecule has 0 amide bonds. The number of halogens is 2. The van der Waals surface area contributed by atoms with Crippen LogP contribution in [-0.2, 0) is 10.8 Å². The van der Waals surface area contributed by atoms with Crippen LogP contribution in [0.4, 0.5) is 0 Å². The van der Waals surface area contributed by atoms with Gasteiger partial charge in [0.1, 0.15) is 5.76 Å². The summed E-state index contributed by atoms with van der Waals surface area (Å²) >= 11 is 12.9. The highest BCUT2D eigenvalue weighted by Gasteiger charge is 2.33. The molecule has 0 spiro atoms. The minimum Gasteiger partial charge on any atom is -0.469 e. The Balaban J connectivity index is 2.21. The second-order valence-electron chi connectivity index (χ2n) is 6.34. The maximum atomic E-state index is 6.76. The fourth-order valence-corrected chi connectivity index (χ4v) is 6.66. The molecule has 1 atom stereocenters. The number of hydrogen-bond donors (Lipinski definition) is 0. The summed E-state index contributed by atoms with van der Waals surface area (Å²) in [7, 11) is -1.79. The average molecular weight is 400 g/mol. The lowest BCUT2D eigenvalue weighted by molar-refractivity contribution is 0.176. The summed E-state index contributed by atoms with van der Waals surface area (Å²) in [5, 5.41) is 1.17. The zero-order valence-electron chi connectivity index (χ0n) is 15.2. The lowest BCUT2D eigenvalue weighted by atomic mass is 10.0. The number of nitrogens with zero attached hydrogens (tertiary/aromatic N) is 1. The van der Waals surface area contributed by atoms with Crippen molar-refractivity contribution < 1.29 is 8.84 Å². The Morgan fingerprint density at radius 1 is 1.12 bits per heavy atom. The summed E-state index contributed by atoms with van der Waals surface area (Å²) in [5.74, 6) is 0.996. The highest BCUT2D eigenvalue weighted by atomic mass is 35.5. The van der Waals surface area contributed by atoms with Gasteiger partial charge in [0.25, 0.3) is 0 Å². The molecule has 0 aliphatic carbocycles. The van der Waals surface area contributed by atoms with E-state index in [0.717, 1.165) is 48.7 Å². The predicted octanol–water partition coefficient (Wildman–Crippen LogP) is 7.07.